The summed E-state index contributed by atoms with van der Waals surface area (Å²) in [6.45, 7) is 4.40. The topological polar surface area (TPSA) is 70.7 Å². The van der Waals surface area contributed by atoms with Gasteiger partial charge in [-0.05, 0) is 49.5 Å². The molecule has 0 aromatic heterocycles. The zero-order chi connectivity index (χ0) is 16.2. The fourth-order valence-electron chi connectivity index (χ4n) is 3.18. The van der Waals surface area contributed by atoms with Gasteiger partial charge in [0.1, 0.15) is 6.10 Å². The summed E-state index contributed by atoms with van der Waals surface area (Å²) in [6, 6.07) is 8.19. The minimum absolute atomic E-state index is 0.120. The second-order valence-corrected chi connectivity index (χ2v) is 6.17. The van der Waals surface area contributed by atoms with Crippen LogP contribution in [0.15, 0.2) is 24.3 Å². The average Bonchev–Trinajstić information content (AvgIpc) is 2.95. The van der Waals surface area contributed by atoms with Gasteiger partial charge in [0.15, 0.2) is 0 Å². The zero-order valence-electron chi connectivity index (χ0n) is 13.4. The molecule has 0 bridgehead atoms. The van der Waals surface area contributed by atoms with Crippen molar-refractivity contribution in [3.05, 3.63) is 29.8 Å². The molecule has 2 aliphatic heterocycles. The number of piperidine rings is 1. The molecule has 2 N–H and O–H groups in total. The summed E-state index contributed by atoms with van der Waals surface area (Å²) in [6.07, 6.45) is 1.67. The van der Waals surface area contributed by atoms with E-state index in [2.05, 4.69) is 22.8 Å². The van der Waals surface area contributed by atoms with Crippen LogP contribution in [0.25, 0.3) is 0 Å². The number of benzene rings is 1. The van der Waals surface area contributed by atoms with Crippen molar-refractivity contribution in [3.63, 3.8) is 0 Å². The van der Waals surface area contributed by atoms with Crippen LogP contribution in [-0.2, 0) is 9.53 Å². The smallest absolute Gasteiger partial charge is 0.414 e. The van der Waals surface area contributed by atoms with E-state index >= 15 is 0 Å². The summed E-state index contributed by atoms with van der Waals surface area (Å²) in [5.74, 6) is 0.481. The van der Waals surface area contributed by atoms with Crippen LogP contribution in [0.5, 0.6) is 0 Å². The van der Waals surface area contributed by atoms with Gasteiger partial charge in [0, 0.05) is 12.6 Å². The minimum atomic E-state index is -0.352. The molecule has 2 saturated heterocycles. The van der Waals surface area contributed by atoms with Gasteiger partial charge in [-0.15, -0.1) is 0 Å². The van der Waals surface area contributed by atoms with E-state index in [-0.39, 0.29) is 18.1 Å². The molecule has 0 saturated carbocycles. The highest BCUT2D eigenvalue weighted by Crippen LogP contribution is 2.28. The Kier molecular flexibility index (Phi) is 4.81. The van der Waals surface area contributed by atoms with Gasteiger partial charge in [0.25, 0.3) is 0 Å². The number of nitrogens with zero attached hydrogens (tertiary/aromatic N) is 1. The summed E-state index contributed by atoms with van der Waals surface area (Å²) in [5, 5.41) is 6.06. The van der Waals surface area contributed by atoms with E-state index in [0.29, 0.717) is 19.0 Å². The minimum Gasteiger partial charge on any atom is -0.442 e. The fourth-order valence-corrected chi connectivity index (χ4v) is 3.18. The van der Waals surface area contributed by atoms with Crippen molar-refractivity contribution >= 4 is 17.7 Å². The normalized spacial score (nSPS) is 22.0. The lowest BCUT2D eigenvalue weighted by atomic mass is 9.90. The number of hydrogen-bond acceptors (Lipinski definition) is 4. The van der Waals surface area contributed by atoms with Crippen molar-refractivity contribution < 1.29 is 14.3 Å². The van der Waals surface area contributed by atoms with Crippen LogP contribution in [0, 0.1) is 0 Å². The first kappa shape index (κ1) is 15.8. The van der Waals surface area contributed by atoms with Gasteiger partial charge in [0.05, 0.1) is 13.1 Å². The van der Waals surface area contributed by atoms with E-state index in [1.165, 1.54) is 12.5 Å². The van der Waals surface area contributed by atoms with E-state index in [1.807, 2.05) is 12.1 Å². The van der Waals surface area contributed by atoms with Crippen molar-refractivity contribution in [2.24, 2.45) is 0 Å². The molecule has 23 heavy (non-hydrogen) atoms. The Morgan fingerprint density at radius 1 is 1.30 bits per heavy atom. The second kappa shape index (κ2) is 7.00. The Morgan fingerprint density at radius 2 is 2.00 bits per heavy atom. The zero-order valence-corrected chi connectivity index (χ0v) is 13.4. The summed E-state index contributed by atoms with van der Waals surface area (Å²) in [4.78, 5) is 24.6. The Labute approximate surface area is 136 Å². The van der Waals surface area contributed by atoms with E-state index < -0.39 is 0 Å². The maximum absolute atomic E-state index is 12.0. The molecule has 0 radical (unpaired) electrons. The number of carbonyl (C=O) groups excluding carboxylic acids is 2. The number of nitrogens with one attached hydrogen (secondary N) is 2. The Bertz CT molecular complexity index is 567. The molecule has 1 atom stereocenters. The number of cyclic esters (lactones) is 1. The van der Waals surface area contributed by atoms with Crippen molar-refractivity contribution in [1.29, 1.82) is 0 Å². The molecule has 2 amide bonds. The number of anilines is 1. The third kappa shape index (κ3) is 3.82. The summed E-state index contributed by atoms with van der Waals surface area (Å²) in [7, 11) is 0. The van der Waals surface area contributed by atoms with Gasteiger partial charge >= 0.3 is 6.09 Å². The maximum Gasteiger partial charge on any atom is 0.414 e. The summed E-state index contributed by atoms with van der Waals surface area (Å²) in [5.41, 5.74) is 2.18. The monoisotopic (exact) mass is 317 g/mol. The predicted molar refractivity (Wildman–Crippen MR) is 87.6 cm³/mol. The first-order valence-electron chi connectivity index (χ1n) is 8.17. The number of ether oxygens (including phenoxy) is 1. The lowest BCUT2D eigenvalue weighted by Gasteiger charge is -2.23. The molecule has 0 unspecified atom stereocenters. The number of carbonyl (C=O) groups is 2. The number of hydrogen-bond donors (Lipinski definition) is 2. The molecule has 6 heteroatoms. The molecule has 2 aliphatic rings. The van der Waals surface area contributed by atoms with E-state index in [0.717, 1.165) is 31.6 Å². The third-order valence-corrected chi connectivity index (χ3v) is 4.47. The quantitative estimate of drug-likeness (QED) is 0.885. The first-order chi connectivity index (χ1) is 11.1. The highest BCUT2D eigenvalue weighted by Gasteiger charge is 2.32. The Morgan fingerprint density at radius 3 is 2.65 bits per heavy atom. The van der Waals surface area contributed by atoms with Gasteiger partial charge < -0.3 is 15.4 Å². The molecule has 2 fully saturated rings. The molecular weight excluding hydrogens is 294 g/mol. The fraction of sp³-hybridized carbons (Fsp3) is 0.529. The Hall–Kier alpha value is -2.08. The maximum atomic E-state index is 12.0. The van der Waals surface area contributed by atoms with Gasteiger partial charge in [0.2, 0.25) is 5.91 Å². The molecular formula is C17H23N3O3. The van der Waals surface area contributed by atoms with Crippen molar-refractivity contribution in [2.45, 2.75) is 31.8 Å². The average molecular weight is 317 g/mol. The van der Waals surface area contributed by atoms with Gasteiger partial charge in [-0.1, -0.05) is 12.1 Å². The molecule has 3 rings (SSSR count). The lowest BCUT2D eigenvalue weighted by molar-refractivity contribution is -0.119. The second-order valence-electron chi connectivity index (χ2n) is 6.17. The first-order valence-corrected chi connectivity index (χ1v) is 8.17. The van der Waals surface area contributed by atoms with Crippen LogP contribution in [-0.4, -0.2) is 44.3 Å². The largest absolute Gasteiger partial charge is 0.442 e. The third-order valence-electron chi connectivity index (χ3n) is 4.47. The van der Waals surface area contributed by atoms with E-state index in [9.17, 15) is 9.59 Å². The highest BCUT2D eigenvalue weighted by molar-refractivity contribution is 5.89. The molecule has 0 aliphatic carbocycles. The van der Waals surface area contributed by atoms with Gasteiger partial charge in [-0.3, -0.25) is 9.69 Å². The van der Waals surface area contributed by atoms with Crippen LogP contribution in [0.3, 0.4) is 0 Å². The van der Waals surface area contributed by atoms with E-state index in [1.54, 1.807) is 4.90 Å². The van der Waals surface area contributed by atoms with Crippen molar-refractivity contribution in [2.75, 3.05) is 31.1 Å². The number of amides is 2. The standard InChI is InChI=1S/C17H23N3O3/c1-12(21)19-10-16-11-20(17(22)23-16)15-4-2-13(3-5-15)14-6-8-18-9-7-14/h2-5,14,16,18H,6-11H2,1H3,(H,19,21)/t16-/m0/s1. The van der Waals surface area contributed by atoms with Crippen LogP contribution in [0.2, 0.25) is 0 Å². The van der Waals surface area contributed by atoms with Crippen molar-refractivity contribution in [3.8, 4) is 0 Å². The molecule has 1 aromatic carbocycles. The van der Waals surface area contributed by atoms with Crippen molar-refractivity contribution in [1.82, 2.24) is 10.6 Å². The number of rotatable bonds is 4. The summed E-state index contributed by atoms with van der Waals surface area (Å²) >= 11 is 0. The molecule has 6 nitrogen and oxygen atoms in total. The molecule has 124 valence electrons. The van der Waals surface area contributed by atoms with Gasteiger partial charge in [-0.2, -0.15) is 0 Å². The van der Waals surface area contributed by atoms with E-state index in [4.69, 9.17) is 4.74 Å². The summed E-state index contributed by atoms with van der Waals surface area (Å²) < 4.78 is 5.29. The molecule has 1 aromatic rings. The van der Waals surface area contributed by atoms with Crippen LogP contribution < -0.4 is 15.5 Å². The highest BCUT2D eigenvalue weighted by atomic mass is 16.6. The van der Waals surface area contributed by atoms with Crippen LogP contribution in [0.1, 0.15) is 31.2 Å². The van der Waals surface area contributed by atoms with Gasteiger partial charge in [-0.25, -0.2) is 4.79 Å². The Balaban J connectivity index is 1.62. The molecule has 2 heterocycles. The lowest BCUT2D eigenvalue weighted by Crippen LogP contribution is -2.33. The van der Waals surface area contributed by atoms with Crippen LogP contribution in [0.4, 0.5) is 10.5 Å². The predicted octanol–water partition coefficient (Wildman–Crippen LogP) is 1.61. The van der Waals surface area contributed by atoms with Crippen LogP contribution >= 0.6 is 0 Å². The molecule has 0 spiro atoms. The SMILES string of the molecule is CC(=O)NC[C@H]1CN(c2ccc(C3CCNCC3)cc2)C(=O)O1.